The SMILES string of the molecule is CCCNc1cc(CN2CC(C)C(C)C2)ccn1. The lowest BCUT2D eigenvalue weighted by molar-refractivity contribution is 0.316. The fourth-order valence-electron chi connectivity index (χ4n) is 2.56. The lowest BCUT2D eigenvalue weighted by Gasteiger charge is -2.16. The molecule has 1 aromatic heterocycles. The van der Waals surface area contributed by atoms with E-state index in [4.69, 9.17) is 0 Å². The fourth-order valence-corrected chi connectivity index (χ4v) is 2.56. The van der Waals surface area contributed by atoms with Gasteiger partial charge >= 0.3 is 0 Å². The molecule has 18 heavy (non-hydrogen) atoms. The lowest BCUT2D eigenvalue weighted by atomic mass is 10.0. The Balaban J connectivity index is 1.93. The molecule has 0 saturated carbocycles. The van der Waals surface area contributed by atoms with E-state index in [2.05, 4.69) is 48.1 Å². The van der Waals surface area contributed by atoms with Crippen molar-refractivity contribution in [3.8, 4) is 0 Å². The van der Waals surface area contributed by atoms with Crippen LogP contribution >= 0.6 is 0 Å². The standard InChI is InChI=1S/C15H25N3/c1-4-6-16-15-8-14(5-7-17-15)11-18-9-12(2)13(3)10-18/h5,7-8,12-13H,4,6,9-11H2,1-3H3,(H,16,17). The number of likely N-dealkylation sites (tertiary alicyclic amines) is 1. The van der Waals surface area contributed by atoms with Crippen molar-refractivity contribution in [2.75, 3.05) is 25.0 Å². The van der Waals surface area contributed by atoms with Crippen LogP contribution in [0.15, 0.2) is 18.3 Å². The van der Waals surface area contributed by atoms with Gasteiger partial charge in [0.25, 0.3) is 0 Å². The molecule has 100 valence electrons. The van der Waals surface area contributed by atoms with Crippen LogP contribution in [0.3, 0.4) is 0 Å². The smallest absolute Gasteiger partial charge is 0.126 e. The Labute approximate surface area is 111 Å². The number of pyridine rings is 1. The number of nitrogens with zero attached hydrogens (tertiary/aromatic N) is 2. The van der Waals surface area contributed by atoms with E-state index in [1.54, 1.807) is 0 Å². The molecule has 1 fully saturated rings. The topological polar surface area (TPSA) is 28.2 Å². The van der Waals surface area contributed by atoms with Gasteiger partial charge in [0.15, 0.2) is 0 Å². The summed E-state index contributed by atoms with van der Waals surface area (Å²) >= 11 is 0. The Morgan fingerprint density at radius 1 is 1.33 bits per heavy atom. The van der Waals surface area contributed by atoms with Crippen molar-refractivity contribution in [3.05, 3.63) is 23.9 Å². The molecule has 2 rings (SSSR count). The van der Waals surface area contributed by atoms with Gasteiger partial charge in [-0.25, -0.2) is 4.98 Å². The largest absolute Gasteiger partial charge is 0.370 e. The summed E-state index contributed by atoms with van der Waals surface area (Å²) in [6.45, 7) is 11.4. The van der Waals surface area contributed by atoms with E-state index in [9.17, 15) is 0 Å². The van der Waals surface area contributed by atoms with Gasteiger partial charge in [0.2, 0.25) is 0 Å². The van der Waals surface area contributed by atoms with E-state index in [0.717, 1.165) is 37.2 Å². The van der Waals surface area contributed by atoms with Crippen molar-refractivity contribution >= 4 is 5.82 Å². The fraction of sp³-hybridized carbons (Fsp3) is 0.667. The maximum absolute atomic E-state index is 4.35. The van der Waals surface area contributed by atoms with Crippen molar-refractivity contribution in [2.45, 2.75) is 33.7 Å². The quantitative estimate of drug-likeness (QED) is 0.867. The molecule has 0 bridgehead atoms. The molecule has 0 radical (unpaired) electrons. The molecular weight excluding hydrogens is 222 g/mol. The zero-order chi connectivity index (χ0) is 13.0. The summed E-state index contributed by atoms with van der Waals surface area (Å²) in [6.07, 6.45) is 3.04. The Morgan fingerprint density at radius 3 is 2.72 bits per heavy atom. The van der Waals surface area contributed by atoms with Gasteiger partial charge in [0.1, 0.15) is 5.82 Å². The van der Waals surface area contributed by atoms with Gasteiger partial charge in [-0.1, -0.05) is 20.8 Å². The van der Waals surface area contributed by atoms with Crippen molar-refractivity contribution < 1.29 is 0 Å². The first-order valence-electron chi connectivity index (χ1n) is 7.10. The van der Waals surface area contributed by atoms with Gasteiger partial charge < -0.3 is 5.32 Å². The average molecular weight is 247 g/mol. The van der Waals surface area contributed by atoms with Crippen LogP contribution < -0.4 is 5.32 Å². The van der Waals surface area contributed by atoms with Gasteiger partial charge in [0, 0.05) is 32.4 Å². The van der Waals surface area contributed by atoms with Crippen molar-refractivity contribution in [1.82, 2.24) is 9.88 Å². The molecule has 0 aliphatic carbocycles. The van der Waals surface area contributed by atoms with Crippen molar-refractivity contribution in [3.63, 3.8) is 0 Å². The van der Waals surface area contributed by atoms with E-state index < -0.39 is 0 Å². The van der Waals surface area contributed by atoms with Gasteiger partial charge in [-0.05, 0) is 36.0 Å². The van der Waals surface area contributed by atoms with Crippen LogP contribution in [-0.2, 0) is 6.54 Å². The first-order valence-corrected chi connectivity index (χ1v) is 7.10. The number of hydrogen-bond donors (Lipinski definition) is 1. The minimum absolute atomic E-state index is 0.824. The number of aromatic nitrogens is 1. The second-order valence-electron chi connectivity index (χ2n) is 5.62. The zero-order valence-corrected chi connectivity index (χ0v) is 11.8. The molecule has 3 heteroatoms. The highest BCUT2D eigenvalue weighted by Gasteiger charge is 2.25. The average Bonchev–Trinajstić information content (AvgIpc) is 2.66. The van der Waals surface area contributed by atoms with Crippen LogP contribution in [0.4, 0.5) is 5.82 Å². The minimum Gasteiger partial charge on any atom is -0.370 e. The van der Waals surface area contributed by atoms with Crippen LogP contribution in [0.1, 0.15) is 32.8 Å². The van der Waals surface area contributed by atoms with E-state index >= 15 is 0 Å². The van der Waals surface area contributed by atoms with Crippen LogP contribution in [0.2, 0.25) is 0 Å². The van der Waals surface area contributed by atoms with E-state index in [1.165, 1.54) is 18.7 Å². The maximum atomic E-state index is 4.35. The molecule has 1 aliphatic rings. The first-order chi connectivity index (χ1) is 8.69. The van der Waals surface area contributed by atoms with Crippen LogP contribution in [0, 0.1) is 11.8 Å². The molecule has 0 amide bonds. The Hall–Kier alpha value is -1.09. The molecule has 0 spiro atoms. The summed E-state index contributed by atoms with van der Waals surface area (Å²) in [5, 5.41) is 3.35. The second-order valence-corrected chi connectivity index (χ2v) is 5.62. The maximum Gasteiger partial charge on any atom is 0.126 e. The summed E-state index contributed by atoms with van der Waals surface area (Å²) in [4.78, 5) is 6.90. The van der Waals surface area contributed by atoms with Crippen LogP contribution in [0.25, 0.3) is 0 Å². The highest BCUT2D eigenvalue weighted by molar-refractivity contribution is 5.37. The van der Waals surface area contributed by atoms with Gasteiger partial charge in [-0.2, -0.15) is 0 Å². The minimum atomic E-state index is 0.824. The number of rotatable bonds is 5. The number of nitrogens with one attached hydrogen (secondary N) is 1. The van der Waals surface area contributed by atoms with Crippen LogP contribution in [0.5, 0.6) is 0 Å². The predicted molar refractivity (Wildman–Crippen MR) is 76.6 cm³/mol. The van der Waals surface area contributed by atoms with E-state index in [0.29, 0.717) is 0 Å². The zero-order valence-electron chi connectivity index (χ0n) is 11.8. The number of hydrogen-bond acceptors (Lipinski definition) is 3. The second kappa shape index (κ2) is 6.19. The molecular formula is C15H25N3. The summed E-state index contributed by atoms with van der Waals surface area (Å²) in [6, 6.07) is 4.31. The molecule has 2 unspecified atom stereocenters. The normalized spacial score (nSPS) is 24.4. The molecule has 3 nitrogen and oxygen atoms in total. The third kappa shape index (κ3) is 3.45. The van der Waals surface area contributed by atoms with Gasteiger partial charge in [-0.3, -0.25) is 4.90 Å². The molecule has 1 N–H and O–H groups in total. The van der Waals surface area contributed by atoms with Crippen molar-refractivity contribution in [2.24, 2.45) is 11.8 Å². The monoisotopic (exact) mass is 247 g/mol. The number of anilines is 1. The Bertz CT molecular complexity index is 368. The predicted octanol–water partition coefficient (Wildman–Crippen LogP) is 2.99. The van der Waals surface area contributed by atoms with Crippen molar-refractivity contribution in [1.29, 1.82) is 0 Å². The van der Waals surface area contributed by atoms with E-state index in [1.807, 2.05) is 6.20 Å². The molecule has 1 aromatic rings. The summed E-state index contributed by atoms with van der Waals surface area (Å²) in [7, 11) is 0. The Kier molecular flexibility index (Phi) is 4.59. The highest BCUT2D eigenvalue weighted by atomic mass is 15.1. The molecule has 2 atom stereocenters. The molecule has 1 saturated heterocycles. The molecule has 0 aromatic carbocycles. The summed E-state index contributed by atoms with van der Waals surface area (Å²) in [5.41, 5.74) is 1.37. The summed E-state index contributed by atoms with van der Waals surface area (Å²) in [5.74, 6) is 2.66. The van der Waals surface area contributed by atoms with Gasteiger partial charge in [-0.15, -0.1) is 0 Å². The molecule has 2 heterocycles. The Morgan fingerprint density at radius 2 is 2.06 bits per heavy atom. The van der Waals surface area contributed by atoms with Gasteiger partial charge in [0.05, 0.1) is 0 Å². The third-order valence-electron chi connectivity index (χ3n) is 3.85. The van der Waals surface area contributed by atoms with E-state index in [-0.39, 0.29) is 0 Å². The highest BCUT2D eigenvalue weighted by Crippen LogP contribution is 2.23. The third-order valence-corrected chi connectivity index (χ3v) is 3.85. The lowest BCUT2D eigenvalue weighted by Crippen LogP contribution is -2.20. The summed E-state index contributed by atoms with van der Waals surface area (Å²) < 4.78 is 0. The first kappa shape index (κ1) is 13.3. The van der Waals surface area contributed by atoms with Crippen LogP contribution in [-0.4, -0.2) is 29.5 Å². The molecule has 1 aliphatic heterocycles.